The number of piperidine rings is 2. The summed E-state index contributed by atoms with van der Waals surface area (Å²) < 4.78 is 0. The number of hydrogen-bond acceptors (Lipinski definition) is 2. The first-order chi connectivity index (χ1) is 10.5. The van der Waals surface area contributed by atoms with E-state index in [1.807, 2.05) is 29.2 Å². The van der Waals surface area contributed by atoms with Gasteiger partial charge >= 0.3 is 5.97 Å². The van der Waals surface area contributed by atoms with Gasteiger partial charge in [-0.3, -0.25) is 9.59 Å². The summed E-state index contributed by atoms with van der Waals surface area (Å²) in [6, 6.07) is 7.60. The molecule has 1 amide bonds. The maximum absolute atomic E-state index is 12.9. The largest absolute Gasteiger partial charge is 0.481 e. The Hall–Kier alpha value is -1.84. The molecule has 4 nitrogen and oxygen atoms in total. The summed E-state index contributed by atoms with van der Waals surface area (Å²) in [4.78, 5) is 26.1. The first-order valence-corrected chi connectivity index (χ1v) is 8.11. The molecule has 1 saturated carbocycles. The number of nitrogens with zero attached hydrogens (tertiary/aromatic N) is 1. The van der Waals surface area contributed by atoms with Crippen molar-refractivity contribution < 1.29 is 14.7 Å². The van der Waals surface area contributed by atoms with E-state index in [1.54, 1.807) is 0 Å². The zero-order chi connectivity index (χ0) is 15.9. The van der Waals surface area contributed by atoms with Crippen molar-refractivity contribution >= 4 is 11.9 Å². The van der Waals surface area contributed by atoms with E-state index in [0.717, 1.165) is 24.8 Å². The van der Waals surface area contributed by atoms with E-state index in [9.17, 15) is 14.7 Å². The topological polar surface area (TPSA) is 57.6 Å². The number of carbonyl (C=O) groups is 2. The minimum atomic E-state index is -0.761. The van der Waals surface area contributed by atoms with Crippen LogP contribution in [0.3, 0.4) is 0 Å². The lowest BCUT2D eigenvalue weighted by Crippen LogP contribution is -2.57. The summed E-state index contributed by atoms with van der Waals surface area (Å²) in [6.07, 6.45) is 2.58. The number of rotatable bonds is 3. The third-order valence-electron chi connectivity index (χ3n) is 5.16. The van der Waals surface area contributed by atoms with Gasteiger partial charge in [0.15, 0.2) is 0 Å². The summed E-state index contributed by atoms with van der Waals surface area (Å²) in [5.41, 5.74) is 1.82. The highest BCUT2D eigenvalue weighted by atomic mass is 16.4. The average Bonchev–Trinajstić information content (AvgIpc) is 2.54. The van der Waals surface area contributed by atoms with E-state index >= 15 is 0 Å². The highest BCUT2D eigenvalue weighted by Gasteiger charge is 2.46. The van der Waals surface area contributed by atoms with Crippen LogP contribution in [0.2, 0.25) is 0 Å². The third kappa shape index (κ3) is 2.62. The summed E-state index contributed by atoms with van der Waals surface area (Å²) in [7, 11) is 0. The standard InChI is InChI=1S/C18H23NO3/c1-11(2)13-4-3-5-14(9-13)17(20)19-10-12-6-7-16(19)15(8-12)18(21)22/h3-5,9,11-12,15-16H,6-8,10H2,1-2H3,(H,21,22). The van der Waals surface area contributed by atoms with Crippen LogP contribution in [-0.2, 0) is 4.79 Å². The smallest absolute Gasteiger partial charge is 0.308 e. The number of hydrogen-bond donors (Lipinski definition) is 1. The lowest BCUT2D eigenvalue weighted by molar-refractivity contribution is -0.148. The first kappa shape index (κ1) is 15.1. The molecule has 2 aliphatic heterocycles. The number of carbonyl (C=O) groups excluding carboxylic acids is 1. The van der Waals surface area contributed by atoms with E-state index in [4.69, 9.17) is 0 Å². The first-order valence-electron chi connectivity index (χ1n) is 8.11. The van der Waals surface area contributed by atoms with E-state index < -0.39 is 11.9 Å². The van der Waals surface area contributed by atoms with Crippen LogP contribution in [0.25, 0.3) is 0 Å². The van der Waals surface area contributed by atoms with Gasteiger partial charge in [0.25, 0.3) is 5.91 Å². The number of carboxylic acids is 1. The van der Waals surface area contributed by atoms with Crippen LogP contribution in [0.5, 0.6) is 0 Å². The Bertz CT molecular complexity index is 596. The van der Waals surface area contributed by atoms with Gasteiger partial charge in [0, 0.05) is 18.2 Å². The molecule has 2 bridgehead atoms. The normalized spacial score (nSPS) is 27.2. The zero-order valence-electron chi connectivity index (χ0n) is 13.2. The van der Waals surface area contributed by atoms with Gasteiger partial charge in [-0.05, 0) is 48.8 Å². The molecule has 3 fully saturated rings. The summed E-state index contributed by atoms with van der Waals surface area (Å²) in [5, 5.41) is 9.41. The van der Waals surface area contributed by atoms with Gasteiger partial charge in [-0.2, -0.15) is 0 Å². The SMILES string of the molecule is CC(C)c1cccc(C(=O)N2CC3CCC2C(C(=O)O)C3)c1. The average molecular weight is 301 g/mol. The van der Waals surface area contributed by atoms with Crippen molar-refractivity contribution in [1.29, 1.82) is 0 Å². The van der Waals surface area contributed by atoms with Crippen molar-refractivity contribution in [3.63, 3.8) is 0 Å². The van der Waals surface area contributed by atoms with Gasteiger partial charge in [0.1, 0.15) is 0 Å². The number of aliphatic carboxylic acids is 1. The van der Waals surface area contributed by atoms with Gasteiger partial charge in [0.05, 0.1) is 5.92 Å². The molecule has 3 unspecified atom stereocenters. The predicted molar refractivity (Wildman–Crippen MR) is 83.8 cm³/mol. The second-order valence-electron chi connectivity index (χ2n) is 6.93. The van der Waals surface area contributed by atoms with Crippen molar-refractivity contribution in [1.82, 2.24) is 4.90 Å². The molecule has 3 atom stereocenters. The molecule has 118 valence electrons. The van der Waals surface area contributed by atoms with Crippen molar-refractivity contribution in [2.75, 3.05) is 6.54 Å². The monoisotopic (exact) mass is 301 g/mol. The highest BCUT2D eigenvalue weighted by molar-refractivity contribution is 5.95. The van der Waals surface area contributed by atoms with Crippen LogP contribution < -0.4 is 0 Å². The van der Waals surface area contributed by atoms with E-state index in [2.05, 4.69) is 13.8 Å². The van der Waals surface area contributed by atoms with Crippen LogP contribution >= 0.6 is 0 Å². The molecular formula is C18H23NO3. The molecule has 22 heavy (non-hydrogen) atoms. The summed E-state index contributed by atoms with van der Waals surface area (Å²) in [6.45, 7) is 4.92. The molecule has 0 aromatic heterocycles. The molecule has 4 heteroatoms. The number of amides is 1. The van der Waals surface area contributed by atoms with E-state index in [1.165, 1.54) is 0 Å². The molecule has 1 N–H and O–H groups in total. The zero-order valence-corrected chi connectivity index (χ0v) is 13.2. The molecule has 4 rings (SSSR count). The van der Waals surface area contributed by atoms with Crippen LogP contribution in [-0.4, -0.2) is 34.5 Å². The molecule has 1 aromatic rings. The molecule has 1 aromatic carbocycles. The second-order valence-corrected chi connectivity index (χ2v) is 6.93. The Balaban J connectivity index is 1.86. The van der Waals surface area contributed by atoms with E-state index in [-0.39, 0.29) is 11.9 Å². The van der Waals surface area contributed by atoms with Crippen LogP contribution in [0.1, 0.15) is 54.9 Å². The van der Waals surface area contributed by atoms with Gasteiger partial charge in [-0.15, -0.1) is 0 Å². The lowest BCUT2D eigenvalue weighted by atomic mass is 9.72. The van der Waals surface area contributed by atoms with Gasteiger partial charge in [-0.1, -0.05) is 26.0 Å². The van der Waals surface area contributed by atoms with Gasteiger partial charge in [-0.25, -0.2) is 0 Å². The fourth-order valence-electron chi connectivity index (χ4n) is 3.89. The molecule has 0 radical (unpaired) electrons. The molecule has 2 heterocycles. The summed E-state index contributed by atoms with van der Waals surface area (Å²) in [5.74, 6) is -0.461. The van der Waals surface area contributed by atoms with Crippen molar-refractivity contribution in [2.24, 2.45) is 11.8 Å². The number of fused-ring (bicyclic) bond motifs is 3. The molecule has 0 spiro atoms. The number of carboxylic acid groups (broad SMARTS) is 1. The van der Waals surface area contributed by atoms with Crippen molar-refractivity contribution in [2.45, 2.75) is 45.1 Å². The molecule has 3 aliphatic rings. The third-order valence-corrected chi connectivity index (χ3v) is 5.16. The number of benzene rings is 1. The predicted octanol–water partition coefficient (Wildman–Crippen LogP) is 3.14. The highest BCUT2D eigenvalue weighted by Crippen LogP contribution is 2.39. The minimum Gasteiger partial charge on any atom is -0.481 e. The minimum absolute atomic E-state index is 0.0110. The van der Waals surface area contributed by atoms with Gasteiger partial charge in [0.2, 0.25) is 0 Å². The Morgan fingerprint density at radius 3 is 2.68 bits per heavy atom. The quantitative estimate of drug-likeness (QED) is 0.933. The Morgan fingerprint density at radius 2 is 2.05 bits per heavy atom. The molecule has 1 aliphatic carbocycles. The molecular weight excluding hydrogens is 278 g/mol. The fourth-order valence-corrected chi connectivity index (χ4v) is 3.89. The van der Waals surface area contributed by atoms with Crippen LogP contribution in [0.4, 0.5) is 0 Å². The van der Waals surface area contributed by atoms with Crippen LogP contribution in [0.15, 0.2) is 24.3 Å². The maximum Gasteiger partial charge on any atom is 0.308 e. The molecule has 2 saturated heterocycles. The second kappa shape index (κ2) is 5.75. The fraction of sp³-hybridized carbons (Fsp3) is 0.556. The maximum atomic E-state index is 12.9. The van der Waals surface area contributed by atoms with Crippen molar-refractivity contribution in [3.05, 3.63) is 35.4 Å². The van der Waals surface area contributed by atoms with E-state index in [0.29, 0.717) is 23.9 Å². The Morgan fingerprint density at radius 1 is 1.27 bits per heavy atom. The van der Waals surface area contributed by atoms with Crippen molar-refractivity contribution in [3.8, 4) is 0 Å². The lowest BCUT2D eigenvalue weighted by Gasteiger charge is -2.48. The summed E-state index contributed by atoms with van der Waals surface area (Å²) >= 11 is 0. The Kier molecular flexibility index (Phi) is 3.94. The Labute approximate surface area is 131 Å². The van der Waals surface area contributed by atoms with Gasteiger partial charge < -0.3 is 10.0 Å². The van der Waals surface area contributed by atoms with Crippen LogP contribution in [0, 0.1) is 11.8 Å².